The molecule has 1 saturated carbocycles. The van der Waals surface area contributed by atoms with Crippen molar-refractivity contribution in [3.05, 3.63) is 46.6 Å². The van der Waals surface area contributed by atoms with Gasteiger partial charge in [-0.05, 0) is 50.4 Å². The molecule has 3 rings (SSSR count). The molecule has 1 unspecified atom stereocenters. The van der Waals surface area contributed by atoms with Gasteiger partial charge in [-0.3, -0.25) is 4.98 Å². The fourth-order valence-electron chi connectivity index (χ4n) is 3.67. The zero-order chi connectivity index (χ0) is 20.3. The predicted octanol–water partition coefficient (Wildman–Crippen LogP) is 3.08. The summed E-state index contributed by atoms with van der Waals surface area (Å²) in [6.07, 6.45) is 3.83. The van der Waals surface area contributed by atoms with Gasteiger partial charge in [-0.15, -0.1) is 0 Å². The SMILES string of the molecule is CNC(CO)[C@H]1CC[C@@H](NS(=O)(=O)c2ccc(-c3ncc(Cl)cc3Cl)cc2)C1. The van der Waals surface area contributed by atoms with Gasteiger partial charge in [0.15, 0.2) is 0 Å². The van der Waals surface area contributed by atoms with Crippen LogP contribution in [0.25, 0.3) is 11.3 Å². The molecule has 28 heavy (non-hydrogen) atoms. The van der Waals surface area contributed by atoms with Gasteiger partial charge in [-0.1, -0.05) is 35.3 Å². The molecule has 1 aliphatic rings. The summed E-state index contributed by atoms with van der Waals surface area (Å²) in [5, 5.41) is 13.3. The summed E-state index contributed by atoms with van der Waals surface area (Å²) in [5.41, 5.74) is 1.25. The summed E-state index contributed by atoms with van der Waals surface area (Å²) in [6.45, 7) is 0.0450. The van der Waals surface area contributed by atoms with Gasteiger partial charge in [-0.2, -0.15) is 0 Å². The van der Waals surface area contributed by atoms with Gasteiger partial charge in [0, 0.05) is 23.8 Å². The maximum Gasteiger partial charge on any atom is 0.240 e. The third-order valence-electron chi connectivity index (χ3n) is 5.18. The number of aromatic nitrogens is 1. The Labute approximate surface area is 175 Å². The van der Waals surface area contributed by atoms with Crippen molar-refractivity contribution >= 4 is 33.2 Å². The van der Waals surface area contributed by atoms with Crippen molar-refractivity contribution in [2.75, 3.05) is 13.7 Å². The second-order valence-electron chi connectivity index (χ2n) is 6.98. The Hall–Kier alpha value is -1.22. The molecule has 1 fully saturated rings. The van der Waals surface area contributed by atoms with Crippen LogP contribution >= 0.6 is 23.2 Å². The smallest absolute Gasteiger partial charge is 0.240 e. The minimum Gasteiger partial charge on any atom is -0.395 e. The van der Waals surface area contributed by atoms with Crippen LogP contribution in [0.15, 0.2) is 41.4 Å². The third kappa shape index (κ3) is 4.84. The highest BCUT2D eigenvalue weighted by Gasteiger charge is 2.32. The van der Waals surface area contributed by atoms with E-state index in [0.29, 0.717) is 27.7 Å². The number of sulfonamides is 1. The van der Waals surface area contributed by atoms with Gasteiger partial charge in [0.05, 0.1) is 27.2 Å². The monoisotopic (exact) mass is 443 g/mol. The van der Waals surface area contributed by atoms with Crippen LogP contribution in [-0.2, 0) is 10.0 Å². The highest BCUT2D eigenvalue weighted by atomic mass is 35.5. The predicted molar refractivity (Wildman–Crippen MR) is 111 cm³/mol. The summed E-state index contributed by atoms with van der Waals surface area (Å²) in [4.78, 5) is 4.40. The van der Waals surface area contributed by atoms with Crippen LogP contribution in [0.5, 0.6) is 0 Å². The molecule has 2 aromatic rings. The molecule has 9 heteroatoms. The van der Waals surface area contributed by atoms with E-state index < -0.39 is 10.0 Å². The fraction of sp³-hybridized carbons (Fsp3) is 0.421. The van der Waals surface area contributed by atoms with Crippen LogP contribution in [0.4, 0.5) is 0 Å². The van der Waals surface area contributed by atoms with Crippen LogP contribution in [0, 0.1) is 5.92 Å². The van der Waals surface area contributed by atoms with Gasteiger partial charge in [0.2, 0.25) is 10.0 Å². The van der Waals surface area contributed by atoms with E-state index in [0.717, 1.165) is 12.8 Å². The summed E-state index contributed by atoms with van der Waals surface area (Å²) in [6, 6.07) is 7.89. The molecule has 0 saturated heterocycles. The number of rotatable bonds is 7. The molecule has 0 spiro atoms. The fourth-order valence-corrected chi connectivity index (χ4v) is 5.44. The van der Waals surface area contributed by atoms with Crippen molar-refractivity contribution < 1.29 is 13.5 Å². The van der Waals surface area contributed by atoms with Crippen LogP contribution in [0.2, 0.25) is 10.0 Å². The zero-order valence-electron chi connectivity index (χ0n) is 15.4. The molecule has 3 atom stereocenters. The van der Waals surface area contributed by atoms with Crippen molar-refractivity contribution in [2.24, 2.45) is 5.92 Å². The van der Waals surface area contributed by atoms with E-state index in [-0.39, 0.29) is 29.5 Å². The van der Waals surface area contributed by atoms with Gasteiger partial charge in [0.1, 0.15) is 0 Å². The van der Waals surface area contributed by atoms with Crippen LogP contribution in [-0.4, -0.2) is 44.2 Å². The van der Waals surface area contributed by atoms with Gasteiger partial charge >= 0.3 is 0 Å². The van der Waals surface area contributed by atoms with E-state index in [4.69, 9.17) is 23.2 Å². The maximum absolute atomic E-state index is 12.7. The molecule has 1 aromatic heterocycles. The van der Waals surface area contributed by atoms with E-state index in [1.807, 2.05) is 7.05 Å². The number of aliphatic hydroxyl groups is 1. The molecule has 3 N–H and O–H groups in total. The second kappa shape index (κ2) is 9.07. The van der Waals surface area contributed by atoms with Gasteiger partial charge < -0.3 is 10.4 Å². The Morgan fingerprint density at radius 2 is 1.96 bits per heavy atom. The first-order valence-corrected chi connectivity index (χ1v) is 11.3. The number of pyridine rings is 1. The van der Waals surface area contributed by atoms with Gasteiger partial charge in [0.25, 0.3) is 0 Å². The van der Waals surface area contributed by atoms with Crippen molar-refractivity contribution in [2.45, 2.75) is 36.2 Å². The van der Waals surface area contributed by atoms with E-state index in [9.17, 15) is 13.5 Å². The Balaban J connectivity index is 1.71. The lowest BCUT2D eigenvalue weighted by molar-refractivity contribution is 0.205. The van der Waals surface area contributed by atoms with Crippen LogP contribution < -0.4 is 10.0 Å². The summed E-state index contributed by atoms with van der Waals surface area (Å²) >= 11 is 12.0. The average molecular weight is 444 g/mol. The van der Waals surface area contributed by atoms with E-state index >= 15 is 0 Å². The quantitative estimate of drug-likeness (QED) is 0.611. The van der Waals surface area contributed by atoms with Gasteiger partial charge in [-0.25, -0.2) is 13.1 Å². The molecule has 0 amide bonds. The first kappa shape index (κ1) is 21.5. The molecular weight excluding hydrogens is 421 g/mol. The van der Waals surface area contributed by atoms with Crippen molar-refractivity contribution in [3.63, 3.8) is 0 Å². The summed E-state index contributed by atoms with van der Waals surface area (Å²) in [7, 11) is -1.82. The van der Waals surface area contributed by atoms with Crippen molar-refractivity contribution in [3.8, 4) is 11.3 Å². The number of hydrogen-bond donors (Lipinski definition) is 3. The van der Waals surface area contributed by atoms with Crippen molar-refractivity contribution in [1.29, 1.82) is 0 Å². The van der Waals surface area contributed by atoms with E-state index in [1.54, 1.807) is 30.3 Å². The summed E-state index contributed by atoms with van der Waals surface area (Å²) < 4.78 is 28.2. The molecule has 0 bridgehead atoms. The number of benzene rings is 1. The molecule has 1 aromatic carbocycles. The molecule has 0 aliphatic heterocycles. The number of nitrogens with one attached hydrogen (secondary N) is 2. The topological polar surface area (TPSA) is 91.3 Å². The summed E-state index contributed by atoms with van der Waals surface area (Å²) in [5.74, 6) is 0.253. The third-order valence-corrected chi connectivity index (χ3v) is 7.21. The van der Waals surface area contributed by atoms with Crippen LogP contribution in [0.1, 0.15) is 19.3 Å². The maximum atomic E-state index is 12.7. The molecule has 1 aliphatic carbocycles. The van der Waals surface area contributed by atoms with E-state index in [2.05, 4.69) is 15.0 Å². The Bertz CT molecular complexity index is 919. The average Bonchev–Trinajstić information content (AvgIpc) is 3.10. The lowest BCUT2D eigenvalue weighted by atomic mass is 9.99. The molecule has 152 valence electrons. The highest BCUT2D eigenvalue weighted by Crippen LogP contribution is 2.31. The normalized spacial score (nSPS) is 21.0. The largest absolute Gasteiger partial charge is 0.395 e. The van der Waals surface area contributed by atoms with E-state index in [1.165, 1.54) is 6.20 Å². The highest BCUT2D eigenvalue weighted by molar-refractivity contribution is 7.89. The first-order chi connectivity index (χ1) is 13.3. The number of nitrogens with zero attached hydrogens (tertiary/aromatic N) is 1. The Kier molecular flexibility index (Phi) is 6.96. The number of likely N-dealkylation sites (N-methyl/N-ethyl adjacent to an activating group) is 1. The molecule has 6 nitrogen and oxygen atoms in total. The first-order valence-electron chi connectivity index (χ1n) is 9.06. The minimum absolute atomic E-state index is 0.00888. The molecule has 0 radical (unpaired) electrons. The second-order valence-corrected chi connectivity index (χ2v) is 9.54. The zero-order valence-corrected chi connectivity index (χ0v) is 17.7. The lowest BCUT2D eigenvalue weighted by Gasteiger charge is -2.21. The standard InChI is InChI=1S/C19H23Cl2N3O3S/c1-22-18(11-25)13-2-5-15(8-13)24-28(26,27)16-6-3-12(4-7-16)19-17(21)9-14(20)10-23-19/h3-4,6-7,9-10,13,15,18,22,24-25H,2,5,8,11H2,1H3/t13-,15+,18?/m0/s1. The minimum atomic E-state index is -3.63. The van der Waals surface area contributed by atoms with Crippen molar-refractivity contribution in [1.82, 2.24) is 15.0 Å². The molecule has 1 heterocycles. The van der Waals surface area contributed by atoms with Crippen LogP contribution in [0.3, 0.4) is 0 Å². The number of aliphatic hydroxyl groups excluding tert-OH is 1. The molecular formula is C19H23Cl2N3O3S. The Morgan fingerprint density at radius 3 is 2.57 bits per heavy atom. The number of halogens is 2. The number of hydrogen-bond acceptors (Lipinski definition) is 5. The Morgan fingerprint density at radius 1 is 1.25 bits per heavy atom. The lowest BCUT2D eigenvalue weighted by Crippen LogP contribution is -2.38.